The summed E-state index contributed by atoms with van der Waals surface area (Å²) < 4.78 is 0. The van der Waals surface area contributed by atoms with Crippen LogP contribution in [-0.2, 0) is 0 Å². The Kier molecular flexibility index (Phi) is 5.78. The number of hydrogen-bond donors (Lipinski definition) is 2. The Morgan fingerprint density at radius 3 is 2.59 bits per heavy atom. The highest BCUT2D eigenvalue weighted by Crippen LogP contribution is 2.67. The van der Waals surface area contributed by atoms with Crippen LogP contribution in [0.25, 0.3) is 0 Å². The standard InChI is InChI=1S/C29H41NO2/c1-28-19-25(21-9-12-22(13-10-21)30(2)3)27-23-8-5-4-7-20(23)11-14-24(27)26(28)15-17-29(28,32)16-6-18-31/h7,9-10,12-13,24-26,31-32H,4-6,8,11,14-19H2,1-3H3/t24-,25+,26-,28+,29+/m0/s1. The van der Waals surface area contributed by atoms with E-state index in [2.05, 4.69) is 56.3 Å². The highest BCUT2D eigenvalue weighted by atomic mass is 16.3. The largest absolute Gasteiger partial charge is 0.396 e. The Labute approximate surface area is 194 Å². The van der Waals surface area contributed by atoms with Crippen molar-refractivity contribution in [2.75, 3.05) is 25.6 Å². The zero-order chi connectivity index (χ0) is 22.5. The first-order valence-corrected chi connectivity index (χ1v) is 12.9. The van der Waals surface area contributed by atoms with Gasteiger partial charge in [-0.05, 0) is 105 Å². The van der Waals surface area contributed by atoms with Gasteiger partial charge in [0.05, 0.1) is 5.60 Å². The number of rotatable bonds is 5. The summed E-state index contributed by atoms with van der Waals surface area (Å²) in [4.78, 5) is 2.17. The predicted octanol–water partition coefficient (Wildman–Crippen LogP) is 5.98. The Morgan fingerprint density at radius 1 is 1.09 bits per heavy atom. The van der Waals surface area contributed by atoms with E-state index in [1.807, 2.05) is 0 Å². The molecule has 174 valence electrons. The Morgan fingerprint density at radius 2 is 1.88 bits per heavy atom. The second kappa shape index (κ2) is 8.33. The fraction of sp³-hybridized carbons (Fsp3) is 0.655. The molecule has 2 fully saturated rings. The molecular formula is C29H41NO2. The quantitative estimate of drug-likeness (QED) is 0.598. The summed E-state index contributed by atoms with van der Waals surface area (Å²) in [5.74, 6) is 1.56. The van der Waals surface area contributed by atoms with Crippen molar-refractivity contribution in [1.82, 2.24) is 0 Å². The van der Waals surface area contributed by atoms with E-state index >= 15 is 0 Å². The molecular weight excluding hydrogens is 394 g/mol. The van der Waals surface area contributed by atoms with Gasteiger partial charge in [0.1, 0.15) is 0 Å². The summed E-state index contributed by atoms with van der Waals surface area (Å²) in [5, 5.41) is 21.4. The molecule has 1 aromatic rings. The molecule has 1 aromatic carbocycles. The molecule has 0 radical (unpaired) electrons. The SMILES string of the molecule is CN(C)c1ccc([C@H]2C[C@]3(C)[C@@H](CC[C@]3(O)CCCO)[C@@H]3CCC4=CCCCC4=C32)cc1. The van der Waals surface area contributed by atoms with Crippen LogP contribution in [0.1, 0.15) is 82.6 Å². The molecule has 0 heterocycles. The molecule has 0 spiro atoms. The smallest absolute Gasteiger partial charge is 0.0705 e. The summed E-state index contributed by atoms with van der Waals surface area (Å²) >= 11 is 0. The van der Waals surface area contributed by atoms with Crippen molar-refractivity contribution in [2.45, 2.75) is 82.7 Å². The minimum atomic E-state index is -0.652. The molecule has 0 amide bonds. The van der Waals surface area contributed by atoms with E-state index in [0.717, 1.165) is 25.7 Å². The van der Waals surface area contributed by atoms with Crippen LogP contribution in [0.2, 0.25) is 0 Å². The predicted molar refractivity (Wildman–Crippen MR) is 132 cm³/mol. The van der Waals surface area contributed by atoms with Gasteiger partial charge in [-0.1, -0.05) is 30.7 Å². The lowest BCUT2D eigenvalue weighted by Crippen LogP contribution is -2.51. The minimum Gasteiger partial charge on any atom is -0.396 e. The first kappa shape index (κ1) is 22.2. The van der Waals surface area contributed by atoms with Gasteiger partial charge < -0.3 is 15.1 Å². The molecule has 4 aliphatic carbocycles. The van der Waals surface area contributed by atoms with Gasteiger partial charge in [0.15, 0.2) is 0 Å². The lowest BCUT2D eigenvalue weighted by molar-refractivity contribution is -0.100. The van der Waals surface area contributed by atoms with Crippen molar-refractivity contribution < 1.29 is 10.2 Å². The summed E-state index contributed by atoms with van der Waals surface area (Å²) in [5.41, 5.74) is 6.97. The molecule has 5 atom stereocenters. The van der Waals surface area contributed by atoms with E-state index in [9.17, 15) is 10.2 Å². The van der Waals surface area contributed by atoms with Crippen molar-refractivity contribution in [1.29, 1.82) is 0 Å². The van der Waals surface area contributed by atoms with E-state index in [0.29, 0.717) is 24.2 Å². The topological polar surface area (TPSA) is 43.7 Å². The molecule has 2 saturated carbocycles. The van der Waals surface area contributed by atoms with Crippen molar-refractivity contribution in [3.8, 4) is 0 Å². The zero-order valence-corrected chi connectivity index (χ0v) is 20.2. The average Bonchev–Trinajstić information content (AvgIpc) is 3.07. The van der Waals surface area contributed by atoms with Crippen molar-refractivity contribution in [3.63, 3.8) is 0 Å². The third-order valence-electron chi connectivity index (χ3n) is 9.68. The Bertz CT molecular complexity index is 914. The van der Waals surface area contributed by atoms with E-state index in [-0.39, 0.29) is 12.0 Å². The lowest BCUT2D eigenvalue weighted by Gasteiger charge is -2.55. The summed E-state index contributed by atoms with van der Waals surface area (Å²) in [6, 6.07) is 9.21. The van der Waals surface area contributed by atoms with Gasteiger partial charge in [-0.2, -0.15) is 0 Å². The molecule has 3 heteroatoms. The minimum absolute atomic E-state index is 0.0856. The number of hydrogen-bond acceptors (Lipinski definition) is 3. The normalized spacial score (nSPS) is 36.3. The molecule has 0 saturated heterocycles. The number of aliphatic hydroxyl groups is 2. The first-order chi connectivity index (χ1) is 15.4. The van der Waals surface area contributed by atoms with Crippen molar-refractivity contribution >= 4 is 5.69 Å². The average molecular weight is 436 g/mol. The van der Waals surface area contributed by atoms with Crippen LogP contribution in [-0.4, -0.2) is 36.5 Å². The Balaban J connectivity index is 1.61. The van der Waals surface area contributed by atoms with Crippen LogP contribution in [0.5, 0.6) is 0 Å². The van der Waals surface area contributed by atoms with Crippen molar-refractivity contribution in [2.24, 2.45) is 17.3 Å². The molecule has 32 heavy (non-hydrogen) atoms. The number of aliphatic hydroxyl groups excluding tert-OH is 1. The third kappa shape index (κ3) is 3.39. The number of benzene rings is 1. The fourth-order valence-corrected chi connectivity index (χ4v) is 7.95. The zero-order valence-electron chi connectivity index (χ0n) is 20.2. The fourth-order valence-electron chi connectivity index (χ4n) is 7.95. The molecule has 0 unspecified atom stereocenters. The number of fused-ring (bicyclic) bond motifs is 4. The monoisotopic (exact) mass is 435 g/mol. The maximum atomic E-state index is 11.9. The third-order valence-corrected chi connectivity index (χ3v) is 9.68. The number of nitrogens with zero attached hydrogens (tertiary/aromatic N) is 1. The number of allylic oxidation sites excluding steroid dienone is 4. The van der Waals surface area contributed by atoms with Gasteiger partial charge >= 0.3 is 0 Å². The second-order valence-electron chi connectivity index (χ2n) is 11.4. The van der Waals surface area contributed by atoms with Crippen LogP contribution in [0, 0.1) is 17.3 Å². The van der Waals surface area contributed by atoms with Crippen LogP contribution in [0.4, 0.5) is 5.69 Å². The van der Waals surface area contributed by atoms with Gasteiger partial charge in [0.25, 0.3) is 0 Å². The van der Waals surface area contributed by atoms with Crippen LogP contribution < -0.4 is 4.90 Å². The first-order valence-electron chi connectivity index (χ1n) is 12.9. The lowest BCUT2D eigenvalue weighted by atomic mass is 9.51. The van der Waals surface area contributed by atoms with Gasteiger partial charge in [0, 0.05) is 37.7 Å². The number of anilines is 1. The maximum Gasteiger partial charge on any atom is 0.0705 e. The molecule has 2 N–H and O–H groups in total. The van der Waals surface area contributed by atoms with Gasteiger partial charge in [-0.25, -0.2) is 0 Å². The van der Waals surface area contributed by atoms with Gasteiger partial charge in [-0.15, -0.1) is 0 Å². The highest BCUT2D eigenvalue weighted by Gasteiger charge is 2.62. The van der Waals surface area contributed by atoms with E-state index in [1.165, 1.54) is 43.4 Å². The molecule has 3 nitrogen and oxygen atoms in total. The van der Waals surface area contributed by atoms with Crippen LogP contribution in [0.15, 0.2) is 47.1 Å². The highest BCUT2D eigenvalue weighted by molar-refractivity contribution is 5.51. The molecule has 0 bridgehead atoms. The van der Waals surface area contributed by atoms with Gasteiger partial charge in [-0.3, -0.25) is 0 Å². The molecule has 5 rings (SSSR count). The second-order valence-corrected chi connectivity index (χ2v) is 11.4. The molecule has 0 aromatic heterocycles. The van der Waals surface area contributed by atoms with Crippen LogP contribution in [0.3, 0.4) is 0 Å². The van der Waals surface area contributed by atoms with Gasteiger partial charge in [0.2, 0.25) is 0 Å². The molecule has 0 aliphatic heterocycles. The van der Waals surface area contributed by atoms with E-state index < -0.39 is 5.60 Å². The molecule has 4 aliphatic rings. The van der Waals surface area contributed by atoms with E-state index in [1.54, 1.807) is 16.7 Å². The van der Waals surface area contributed by atoms with Crippen LogP contribution >= 0.6 is 0 Å². The maximum absolute atomic E-state index is 11.9. The summed E-state index contributed by atoms with van der Waals surface area (Å²) in [6.07, 6.45) is 13.2. The Hall–Kier alpha value is -1.58. The van der Waals surface area contributed by atoms with E-state index in [4.69, 9.17) is 0 Å². The summed E-state index contributed by atoms with van der Waals surface area (Å²) in [7, 11) is 4.20. The summed E-state index contributed by atoms with van der Waals surface area (Å²) in [6.45, 7) is 2.56. The van der Waals surface area contributed by atoms with Crippen molar-refractivity contribution in [3.05, 3.63) is 52.6 Å².